The van der Waals surface area contributed by atoms with E-state index in [1.807, 2.05) is 32.0 Å². The molecule has 0 radical (unpaired) electrons. The van der Waals surface area contributed by atoms with Gasteiger partial charge in [-0.05, 0) is 68.1 Å². The maximum atomic E-state index is 12.9. The highest BCUT2D eigenvalue weighted by Gasteiger charge is 2.41. The molecular formula is C25H25N5O4. The summed E-state index contributed by atoms with van der Waals surface area (Å²) in [7, 11) is 0. The molecule has 0 saturated carbocycles. The number of allylic oxidation sites excluding steroid dienone is 1. The van der Waals surface area contributed by atoms with Crippen LogP contribution in [-0.2, 0) is 14.4 Å². The van der Waals surface area contributed by atoms with E-state index >= 15 is 0 Å². The number of urea groups is 1. The third-order valence-corrected chi connectivity index (χ3v) is 5.75. The number of imide groups is 1. The van der Waals surface area contributed by atoms with Crippen molar-refractivity contribution < 1.29 is 19.2 Å². The molecule has 9 heteroatoms. The van der Waals surface area contributed by atoms with Crippen LogP contribution in [0.25, 0.3) is 0 Å². The Bertz CT molecular complexity index is 1250. The normalized spacial score (nSPS) is 17.9. The third-order valence-electron chi connectivity index (χ3n) is 5.75. The minimum absolute atomic E-state index is 0.0546. The highest BCUT2D eigenvalue weighted by atomic mass is 16.2. The molecule has 2 aliphatic heterocycles. The predicted octanol–water partition coefficient (Wildman–Crippen LogP) is 3.40. The number of aryl methyl sites for hydroxylation is 2. The topological polar surface area (TPSA) is 120 Å². The zero-order valence-corrected chi connectivity index (χ0v) is 18.9. The second kappa shape index (κ2) is 9.22. The van der Waals surface area contributed by atoms with Crippen molar-refractivity contribution in [2.45, 2.75) is 32.7 Å². The summed E-state index contributed by atoms with van der Waals surface area (Å²) in [5, 5.41) is 11.0. The molecule has 0 aromatic heterocycles. The van der Waals surface area contributed by atoms with Crippen LogP contribution >= 0.6 is 0 Å². The smallest absolute Gasteiger partial charge is 0.323 e. The SMILES string of the molecule is C=C1CCC(N2C(=O)C=C(Nc3cccc(NC(=O)Nc4ccc(C)c(C)c4)c3)C2=O)C(=O)N1. The second-order valence-electron chi connectivity index (χ2n) is 8.30. The van der Waals surface area contributed by atoms with Crippen LogP contribution in [0, 0.1) is 13.8 Å². The van der Waals surface area contributed by atoms with Gasteiger partial charge in [-0.2, -0.15) is 0 Å². The molecule has 2 aromatic rings. The van der Waals surface area contributed by atoms with Crippen LogP contribution in [-0.4, -0.2) is 34.7 Å². The Balaban J connectivity index is 1.40. The Kier molecular flexibility index (Phi) is 6.18. The van der Waals surface area contributed by atoms with E-state index < -0.39 is 29.8 Å². The van der Waals surface area contributed by atoms with E-state index in [4.69, 9.17) is 0 Å². The summed E-state index contributed by atoms with van der Waals surface area (Å²) in [6, 6.07) is 11.1. The monoisotopic (exact) mass is 459 g/mol. The fourth-order valence-electron chi connectivity index (χ4n) is 3.82. The van der Waals surface area contributed by atoms with E-state index in [0.717, 1.165) is 16.0 Å². The second-order valence-corrected chi connectivity index (χ2v) is 8.30. The number of amides is 5. The summed E-state index contributed by atoms with van der Waals surface area (Å²) in [5.41, 5.74) is 4.48. The molecule has 2 aromatic carbocycles. The van der Waals surface area contributed by atoms with E-state index in [1.54, 1.807) is 24.3 Å². The number of carbonyl (C=O) groups excluding carboxylic acids is 4. The van der Waals surface area contributed by atoms with Crippen molar-refractivity contribution in [2.75, 3.05) is 16.0 Å². The fraction of sp³-hybridized carbons (Fsp3) is 0.200. The van der Waals surface area contributed by atoms with Crippen LogP contribution in [0.5, 0.6) is 0 Å². The third kappa shape index (κ3) is 4.83. The van der Waals surface area contributed by atoms with E-state index in [2.05, 4.69) is 27.8 Å². The number of benzene rings is 2. The minimum Gasteiger partial charge on any atom is -0.351 e. The molecule has 2 heterocycles. The molecule has 34 heavy (non-hydrogen) atoms. The first-order valence-electron chi connectivity index (χ1n) is 10.8. The number of carbonyl (C=O) groups is 4. The fourth-order valence-corrected chi connectivity index (χ4v) is 3.82. The average Bonchev–Trinajstić information content (AvgIpc) is 3.04. The summed E-state index contributed by atoms with van der Waals surface area (Å²) in [4.78, 5) is 50.9. The lowest BCUT2D eigenvalue weighted by Crippen LogP contribution is -2.52. The number of anilines is 3. The Hall–Kier alpha value is -4.40. The van der Waals surface area contributed by atoms with Crippen molar-refractivity contribution in [3.05, 3.63) is 77.6 Å². The maximum absolute atomic E-state index is 12.9. The number of rotatable bonds is 5. The lowest BCUT2D eigenvalue weighted by atomic mass is 10.0. The number of nitrogens with zero attached hydrogens (tertiary/aromatic N) is 1. The van der Waals surface area contributed by atoms with Gasteiger partial charge in [0.1, 0.15) is 11.7 Å². The van der Waals surface area contributed by atoms with Crippen molar-refractivity contribution in [1.82, 2.24) is 10.2 Å². The number of hydrogen-bond donors (Lipinski definition) is 4. The lowest BCUT2D eigenvalue weighted by molar-refractivity contribution is -0.146. The van der Waals surface area contributed by atoms with E-state index in [-0.39, 0.29) is 5.70 Å². The number of hydrogen-bond acceptors (Lipinski definition) is 5. The van der Waals surface area contributed by atoms with Gasteiger partial charge in [0.05, 0.1) is 0 Å². The lowest BCUT2D eigenvalue weighted by Gasteiger charge is -2.29. The summed E-state index contributed by atoms with van der Waals surface area (Å²) in [6.45, 7) is 7.68. The molecular weight excluding hydrogens is 434 g/mol. The highest BCUT2D eigenvalue weighted by molar-refractivity contribution is 6.19. The molecule has 1 saturated heterocycles. The van der Waals surface area contributed by atoms with Crippen LogP contribution in [0.15, 0.2) is 66.5 Å². The van der Waals surface area contributed by atoms with Crippen molar-refractivity contribution in [3.8, 4) is 0 Å². The standard InChI is InChI=1S/C25H25N5O4/c1-14-7-9-19(11-15(14)2)29-25(34)28-18-6-4-5-17(12-18)27-20-13-22(31)30(24(20)33)21-10-8-16(3)26-23(21)32/h4-7,9,11-13,21,27H,3,8,10H2,1-2H3,(H,26,32)(H2,28,29,34). The Morgan fingerprint density at radius 2 is 1.71 bits per heavy atom. The Labute approximate surface area is 196 Å². The molecule has 0 spiro atoms. The molecule has 2 aliphatic rings. The minimum atomic E-state index is -0.872. The molecule has 0 aliphatic carbocycles. The number of nitrogens with one attached hydrogen (secondary N) is 4. The van der Waals surface area contributed by atoms with Gasteiger partial charge in [-0.3, -0.25) is 19.3 Å². The van der Waals surface area contributed by atoms with Gasteiger partial charge in [0, 0.05) is 28.8 Å². The average molecular weight is 460 g/mol. The van der Waals surface area contributed by atoms with Gasteiger partial charge in [-0.15, -0.1) is 0 Å². The van der Waals surface area contributed by atoms with Gasteiger partial charge in [-0.25, -0.2) is 4.79 Å². The summed E-state index contributed by atoms with van der Waals surface area (Å²) in [6.07, 6.45) is 2.00. The summed E-state index contributed by atoms with van der Waals surface area (Å²) >= 11 is 0. The zero-order chi connectivity index (χ0) is 24.4. The van der Waals surface area contributed by atoms with Crippen LogP contribution in [0.4, 0.5) is 21.9 Å². The maximum Gasteiger partial charge on any atom is 0.323 e. The molecule has 1 fully saturated rings. The van der Waals surface area contributed by atoms with Crippen molar-refractivity contribution >= 4 is 40.8 Å². The van der Waals surface area contributed by atoms with E-state index in [1.165, 1.54) is 6.08 Å². The molecule has 5 amide bonds. The van der Waals surface area contributed by atoms with Crippen molar-refractivity contribution in [3.63, 3.8) is 0 Å². The first kappa shape index (κ1) is 22.8. The molecule has 0 bridgehead atoms. The summed E-state index contributed by atoms with van der Waals surface area (Å²) in [5.74, 6) is -1.56. The number of piperidine rings is 1. The molecule has 1 unspecified atom stereocenters. The van der Waals surface area contributed by atoms with E-state index in [0.29, 0.717) is 35.6 Å². The van der Waals surface area contributed by atoms with Crippen molar-refractivity contribution in [1.29, 1.82) is 0 Å². The zero-order valence-electron chi connectivity index (χ0n) is 18.9. The Morgan fingerprint density at radius 3 is 2.41 bits per heavy atom. The summed E-state index contributed by atoms with van der Waals surface area (Å²) < 4.78 is 0. The molecule has 1 atom stereocenters. The highest BCUT2D eigenvalue weighted by Crippen LogP contribution is 2.25. The quantitative estimate of drug-likeness (QED) is 0.511. The van der Waals surface area contributed by atoms with Gasteiger partial charge < -0.3 is 21.3 Å². The Morgan fingerprint density at radius 1 is 1.00 bits per heavy atom. The molecule has 9 nitrogen and oxygen atoms in total. The van der Waals surface area contributed by atoms with Crippen molar-refractivity contribution in [2.24, 2.45) is 0 Å². The van der Waals surface area contributed by atoms with E-state index in [9.17, 15) is 19.2 Å². The van der Waals surface area contributed by atoms with Gasteiger partial charge >= 0.3 is 6.03 Å². The predicted molar refractivity (Wildman–Crippen MR) is 129 cm³/mol. The first-order valence-corrected chi connectivity index (χ1v) is 10.8. The molecule has 174 valence electrons. The van der Waals surface area contributed by atoms with Gasteiger partial charge in [-0.1, -0.05) is 18.7 Å². The van der Waals surface area contributed by atoms with Crippen LogP contribution in [0.3, 0.4) is 0 Å². The molecule has 4 rings (SSSR count). The van der Waals surface area contributed by atoms with Gasteiger partial charge in [0.2, 0.25) is 5.91 Å². The largest absolute Gasteiger partial charge is 0.351 e. The van der Waals surface area contributed by atoms with Crippen LogP contribution in [0.1, 0.15) is 24.0 Å². The molecule has 4 N–H and O–H groups in total. The van der Waals surface area contributed by atoms with Gasteiger partial charge in [0.25, 0.3) is 11.8 Å². The van der Waals surface area contributed by atoms with Crippen LogP contribution < -0.4 is 21.3 Å². The van der Waals surface area contributed by atoms with Gasteiger partial charge in [0.15, 0.2) is 0 Å². The van der Waals surface area contributed by atoms with Crippen LogP contribution in [0.2, 0.25) is 0 Å². The first-order chi connectivity index (χ1) is 16.2.